The third-order valence-electron chi connectivity index (χ3n) is 7.56. The van der Waals surface area contributed by atoms with Gasteiger partial charge in [-0.25, -0.2) is 0 Å². The molecule has 0 aromatic carbocycles. The highest BCUT2D eigenvalue weighted by molar-refractivity contribution is 7.72. The van der Waals surface area contributed by atoms with Crippen LogP contribution in [0.25, 0.3) is 0 Å². The minimum absolute atomic E-state index is 0.126. The maximum absolute atomic E-state index is 10.1. The van der Waals surface area contributed by atoms with Gasteiger partial charge in [-0.05, 0) is 37.5 Å². The first kappa shape index (κ1) is 44.6. The molecule has 42 heavy (non-hydrogen) atoms. The first-order valence-electron chi connectivity index (χ1n) is 16.6. The van der Waals surface area contributed by atoms with Crippen LogP contribution in [0.4, 0.5) is 0 Å². The number of aliphatic hydroxyl groups is 4. The average molecular weight is 649 g/mol. The van der Waals surface area contributed by atoms with Gasteiger partial charge in [0, 0.05) is 4.31 Å². The summed E-state index contributed by atoms with van der Waals surface area (Å²) < 4.78 is 5.05. The van der Waals surface area contributed by atoms with E-state index < -0.39 is 47.7 Å². The highest BCUT2D eigenvalue weighted by Gasteiger charge is 2.53. The van der Waals surface area contributed by atoms with Crippen molar-refractivity contribution in [2.45, 2.75) is 143 Å². The molecule has 0 aromatic heterocycles. The molecule has 0 atom stereocenters. The molecule has 0 radical (unpaired) electrons. The number of hydrogen-bond acceptors (Lipinski definition) is 9. The molecule has 0 aromatic rings. The van der Waals surface area contributed by atoms with Gasteiger partial charge in [-0.1, -0.05) is 118 Å². The molecule has 0 unspecified atom stereocenters. The summed E-state index contributed by atoms with van der Waals surface area (Å²) in [6.07, 6.45) is 20.9. The van der Waals surface area contributed by atoms with Crippen LogP contribution in [0.5, 0.6) is 0 Å². The molecule has 0 fully saturated rings. The molecule has 11 heteroatoms. The number of unbranched alkanes of at least 4 members (excludes halogenated alkanes) is 14. The second-order valence-corrected chi connectivity index (χ2v) is 17.2. The van der Waals surface area contributed by atoms with E-state index in [2.05, 4.69) is 27.7 Å². The van der Waals surface area contributed by atoms with Crippen molar-refractivity contribution in [2.24, 2.45) is 17.3 Å². The maximum Gasteiger partial charge on any atom is 0.461 e. The molecule has 0 spiro atoms. The lowest BCUT2D eigenvalue weighted by Crippen LogP contribution is -2.37. The monoisotopic (exact) mass is 648 g/mol. The van der Waals surface area contributed by atoms with Gasteiger partial charge < -0.3 is 20.4 Å². The van der Waals surface area contributed by atoms with Gasteiger partial charge in [0.15, 0.2) is 0 Å². The van der Waals surface area contributed by atoms with Crippen molar-refractivity contribution >= 4 is 15.9 Å². The van der Waals surface area contributed by atoms with E-state index in [9.17, 15) is 19.6 Å². The van der Waals surface area contributed by atoms with E-state index in [1.54, 1.807) is 0 Å². The highest BCUT2D eigenvalue weighted by atomic mass is 31.3. The van der Waals surface area contributed by atoms with Crippen LogP contribution in [0, 0.1) is 17.3 Å². The average Bonchev–Trinajstić information content (AvgIpc) is 2.91. The van der Waals surface area contributed by atoms with Crippen molar-refractivity contribution in [3.05, 3.63) is 0 Å². The highest BCUT2D eigenvalue weighted by Crippen LogP contribution is 2.69. The molecule has 0 rings (SSSR count). The van der Waals surface area contributed by atoms with Crippen molar-refractivity contribution in [2.75, 3.05) is 38.8 Å². The zero-order chi connectivity index (χ0) is 32.3. The topological polar surface area (TPSA) is 171 Å². The molecule has 9 nitrogen and oxygen atoms in total. The summed E-state index contributed by atoms with van der Waals surface area (Å²) in [5, 5.41) is 34.0. The van der Waals surface area contributed by atoms with Crippen molar-refractivity contribution in [3.8, 4) is 0 Å². The Kier molecular flexibility index (Phi) is 29.5. The Morgan fingerprint density at radius 1 is 0.429 bits per heavy atom. The zero-order valence-corrected chi connectivity index (χ0v) is 29.3. The van der Waals surface area contributed by atoms with Gasteiger partial charge in [0.1, 0.15) is 12.3 Å². The molecule has 0 saturated carbocycles. The van der Waals surface area contributed by atoms with Crippen LogP contribution in [0.15, 0.2) is 0 Å². The van der Waals surface area contributed by atoms with Crippen molar-refractivity contribution in [1.29, 1.82) is 0 Å². The van der Waals surface area contributed by atoms with E-state index in [-0.39, 0.29) is 12.3 Å². The van der Waals surface area contributed by atoms with Gasteiger partial charge in [-0.3, -0.25) is 0 Å². The normalized spacial score (nSPS) is 12.7. The lowest BCUT2D eigenvalue weighted by Gasteiger charge is -2.23. The Bertz CT molecular complexity index is 519. The minimum atomic E-state index is -3.68. The summed E-state index contributed by atoms with van der Waals surface area (Å²) >= 11 is 0. The molecule has 8 N–H and O–H groups in total. The Balaban J connectivity index is 0. The fourth-order valence-electron chi connectivity index (χ4n) is 4.45. The van der Waals surface area contributed by atoms with Gasteiger partial charge >= 0.3 is 15.9 Å². The van der Waals surface area contributed by atoms with Gasteiger partial charge in [0.2, 0.25) is 0 Å². The number of rotatable bonds is 28. The summed E-state index contributed by atoms with van der Waals surface area (Å²) in [4.78, 5) is 40.5. The van der Waals surface area contributed by atoms with Crippen LogP contribution in [0.3, 0.4) is 0 Å². The first-order valence-corrected chi connectivity index (χ1v) is 20.2. The zero-order valence-electron chi connectivity index (χ0n) is 27.5. The van der Waals surface area contributed by atoms with Gasteiger partial charge in [-0.2, -0.15) is 19.6 Å². The summed E-state index contributed by atoms with van der Waals surface area (Å²) in [5.74, 6) is 1.59. The van der Waals surface area contributed by atoms with Crippen LogP contribution in [0.1, 0.15) is 143 Å². The van der Waals surface area contributed by atoms with Crippen LogP contribution < -0.4 is 0 Å². The van der Waals surface area contributed by atoms with E-state index in [1.165, 1.54) is 77.0 Å². The van der Waals surface area contributed by atoms with Gasteiger partial charge in [0.25, 0.3) is 0 Å². The van der Waals surface area contributed by atoms with Crippen molar-refractivity contribution in [1.82, 2.24) is 0 Å². The fourth-order valence-corrected chi connectivity index (χ4v) is 8.05. The lowest BCUT2D eigenvalue weighted by atomic mass is 9.93. The van der Waals surface area contributed by atoms with Crippen LogP contribution in [-0.2, 0) is 4.31 Å². The summed E-state index contributed by atoms with van der Waals surface area (Å²) in [6, 6.07) is 0. The third-order valence-corrected chi connectivity index (χ3v) is 11.5. The Labute approximate surface area is 259 Å². The second kappa shape index (κ2) is 27.8. The quantitative estimate of drug-likeness (QED) is 0.0337. The molecule has 0 bridgehead atoms. The second-order valence-electron chi connectivity index (χ2n) is 13.0. The number of aliphatic hydroxyl groups excluding tert-OH is 4. The third kappa shape index (κ3) is 29.2. The summed E-state index contributed by atoms with van der Waals surface area (Å²) in [6.45, 7) is 7.46. The van der Waals surface area contributed by atoms with Crippen LogP contribution >= 0.6 is 15.9 Å². The SMILES string of the molecule is CC(C)CCCCCCCCCC[P+](O)(O)O[P+](O)(O)CCCCCCCCCCC(C)C.OCC(CO)(CO)CO. The van der Waals surface area contributed by atoms with Crippen LogP contribution in [0.2, 0.25) is 0 Å². The molecule has 256 valence electrons. The molecular formula is C31H70O9P2+2. The minimum Gasteiger partial charge on any atom is -0.396 e. The standard InChI is InChI=1S/C26H58O5P2.C5H12O4/c1-25(2)21-17-13-9-5-7-11-15-19-23-32(27,28)31-33(29,30)24-20-16-12-8-6-10-14-18-22-26(3)4;6-1-5(2-7,3-8)4-9/h25-30H,5-24H2,1-4H3;6-9H,1-4H2/q+2;. The summed E-state index contributed by atoms with van der Waals surface area (Å²) in [5.41, 5.74) is -1.11. The van der Waals surface area contributed by atoms with E-state index in [0.29, 0.717) is 12.8 Å². The van der Waals surface area contributed by atoms with Crippen LogP contribution in [-0.4, -0.2) is 78.8 Å². The Morgan fingerprint density at radius 3 is 0.881 bits per heavy atom. The van der Waals surface area contributed by atoms with Gasteiger partial charge in [0.05, 0.1) is 31.8 Å². The van der Waals surface area contributed by atoms with E-state index >= 15 is 0 Å². The van der Waals surface area contributed by atoms with E-state index in [0.717, 1.165) is 37.5 Å². The smallest absolute Gasteiger partial charge is 0.396 e. The molecule has 0 heterocycles. The maximum atomic E-state index is 10.1. The molecule has 0 aliphatic heterocycles. The molecular weight excluding hydrogens is 578 g/mol. The fraction of sp³-hybridized carbons (Fsp3) is 1.00. The Hall–Kier alpha value is 0.500. The van der Waals surface area contributed by atoms with Crippen molar-refractivity contribution < 1.29 is 44.3 Å². The molecule has 0 aliphatic rings. The van der Waals surface area contributed by atoms with Gasteiger partial charge in [-0.15, -0.1) is 0 Å². The van der Waals surface area contributed by atoms with E-state index in [1.807, 2.05) is 0 Å². The predicted molar refractivity (Wildman–Crippen MR) is 177 cm³/mol. The molecule has 0 amide bonds. The number of hydrogen-bond donors (Lipinski definition) is 8. The largest absolute Gasteiger partial charge is 0.461 e. The van der Waals surface area contributed by atoms with E-state index in [4.69, 9.17) is 24.7 Å². The first-order chi connectivity index (χ1) is 19.8. The van der Waals surface area contributed by atoms with Crippen molar-refractivity contribution in [3.63, 3.8) is 0 Å². The molecule has 0 aliphatic carbocycles. The Morgan fingerprint density at radius 2 is 0.667 bits per heavy atom. The molecule has 0 saturated heterocycles. The lowest BCUT2D eigenvalue weighted by molar-refractivity contribution is -0.0328. The summed E-state index contributed by atoms with van der Waals surface area (Å²) in [7, 11) is -7.36. The predicted octanol–water partition coefficient (Wildman–Crippen LogP) is 6.77.